The number of hydrogen-bond donors (Lipinski definition) is 0. The predicted octanol–water partition coefficient (Wildman–Crippen LogP) is 5.70. The van der Waals surface area contributed by atoms with E-state index in [1.54, 1.807) is 0 Å². The van der Waals surface area contributed by atoms with Gasteiger partial charge < -0.3 is 0 Å². The van der Waals surface area contributed by atoms with Crippen LogP contribution in [0.5, 0.6) is 0 Å². The minimum absolute atomic E-state index is 0.801. The number of rotatable bonds is 0. The van der Waals surface area contributed by atoms with Crippen molar-refractivity contribution >= 4 is 63.4 Å². The van der Waals surface area contributed by atoms with Crippen molar-refractivity contribution in [2.75, 3.05) is 0 Å². The molecule has 0 saturated heterocycles. The highest BCUT2D eigenvalue weighted by atomic mass is 31.0. The first kappa shape index (κ1) is 18.5. The van der Waals surface area contributed by atoms with E-state index in [0.29, 0.717) is 0 Å². The van der Waals surface area contributed by atoms with Crippen LogP contribution in [0.15, 0.2) is 92.8 Å². The zero-order chi connectivity index (χ0) is 21.5. The minimum atomic E-state index is -0.978. The van der Waals surface area contributed by atoms with Crippen LogP contribution < -0.4 is 0 Å². The molecule has 0 N–H and O–H groups in total. The Kier molecular flexibility index (Phi) is 3.62. The third-order valence-electron chi connectivity index (χ3n) is 6.69. The Morgan fingerprint density at radius 3 is 1.38 bits per heavy atom. The molecule has 2 aliphatic heterocycles. The van der Waals surface area contributed by atoms with Crippen LogP contribution in [0.25, 0.3) is 32.7 Å². The topological polar surface area (TPSA) is 49.4 Å². The molecule has 0 saturated carbocycles. The van der Waals surface area contributed by atoms with E-state index in [4.69, 9.17) is 20.0 Å². The SMILES string of the molecule is PC1=NC2(N=C1)c1ccc3ccccc3c1-c1c(ccc3ccccc13)C21N=CC(P)=N1. The van der Waals surface area contributed by atoms with Crippen LogP contribution in [-0.2, 0) is 11.3 Å². The van der Waals surface area contributed by atoms with Crippen molar-refractivity contribution in [1.82, 2.24) is 0 Å². The van der Waals surface area contributed by atoms with Crippen LogP contribution in [0.2, 0.25) is 0 Å². The molecule has 2 spiro atoms. The van der Waals surface area contributed by atoms with E-state index in [9.17, 15) is 0 Å². The van der Waals surface area contributed by atoms with Gasteiger partial charge in [0.1, 0.15) is 0 Å². The lowest BCUT2D eigenvalue weighted by molar-refractivity contribution is 0.255. The third-order valence-corrected chi connectivity index (χ3v) is 7.25. The molecule has 4 unspecified atom stereocenters. The fourth-order valence-electron chi connectivity index (χ4n) is 5.44. The summed E-state index contributed by atoms with van der Waals surface area (Å²) in [6.45, 7) is 0. The van der Waals surface area contributed by atoms with Crippen molar-refractivity contribution in [3.05, 3.63) is 83.9 Å². The number of nitrogens with zero attached hydrogens (tertiary/aromatic N) is 4. The summed E-state index contributed by atoms with van der Waals surface area (Å²) in [6, 6.07) is 25.7. The Balaban J connectivity index is 1.77. The van der Waals surface area contributed by atoms with Crippen molar-refractivity contribution in [3.63, 3.8) is 0 Å². The molecule has 6 heteroatoms. The lowest BCUT2D eigenvalue weighted by Gasteiger charge is -2.44. The highest BCUT2D eigenvalue weighted by Crippen LogP contribution is 2.61. The van der Waals surface area contributed by atoms with Gasteiger partial charge in [0.15, 0.2) is 0 Å². The van der Waals surface area contributed by atoms with Crippen LogP contribution in [-0.4, -0.2) is 23.3 Å². The Morgan fingerprint density at radius 1 is 0.531 bits per heavy atom. The summed E-state index contributed by atoms with van der Waals surface area (Å²) in [7, 11) is 5.39. The molecule has 32 heavy (non-hydrogen) atoms. The van der Waals surface area contributed by atoms with Gasteiger partial charge in [0.05, 0.1) is 10.9 Å². The van der Waals surface area contributed by atoms with E-state index in [1.165, 1.54) is 32.7 Å². The number of benzene rings is 4. The molecule has 4 aromatic carbocycles. The summed E-state index contributed by atoms with van der Waals surface area (Å²) >= 11 is 0. The average molecular weight is 448 g/mol. The summed E-state index contributed by atoms with van der Waals surface area (Å²) < 4.78 is 0. The average Bonchev–Trinajstić information content (AvgIpc) is 3.41. The maximum absolute atomic E-state index is 5.10. The molecule has 0 bridgehead atoms. The molecular formula is C26H18N4P2. The minimum Gasteiger partial charge on any atom is -0.251 e. The van der Waals surface area contributed by atoms with Gasteiger partial charge in [-0.1, -0.05) is 91.3 Å². The summed E-state index contributed by atoms with van der Waals surface area (Å²) in [5, 5.41) is 4.77. The molecule has 0 fully saturated rings. The largest absolute Gasteiger partial charge is 0.251 e. The highest BCUT2D eigenvalue weighted by Gasteiger charge is 2.61. The van der Waals surface area contributed by atoms with Gasteiger partial charge in [0, 0.05) is 23.6 Å². The van der Waals surface area contributed by atoms with E-state index >= 15 is 0 Å². The molecule has 0 radical (unpaired) electrons. The standard InChI is InChI=1S/C26H18N4P2/c31-21-13-27-25(29-21)19-11-9-15-5-1-3-7-17(15)23(19)24-18-8-4-2-6-16(18)10-12-20(24)26(25)28-14-22(32)30-26/h1-14H,31-32H2. The number of fused-ring (bicyclic) bond motifs is 10. The van der Waals surface area contributed by atoms with Crippen molar-refractivity contribution < 1.29 is 0 Å². The Labute approximate surface area is 189 Å². The van der Waals surface area contributed by atoms with Gasteiger partial charge in [-0.15, -0.1) is 0 Å². The third kappa shape index (κ3) is 2.14. The second-order valence-electron chi connectivity index (χ2n) is 8.35. The molecule has 4 aromatic rings. The first-order valence-corrected chi connectivity index (χ1v) is 11.6. The second kappa shape index (κ2) is 6.25. The quantitative estimate of drug-likeness (QED) is 0.310. The van der Waals surface area contributed by atoms with E-state index in [1.807, 2.05) is 12.4 Å². The maximum atomic E-state index is 5.10. The Morgan fingerprint density at radius 2 is 0.969 bits per heavy atom. The zero-order valence-corrected chi connectivity index (χ0v) is 19.3. The molecule has 0 aromatic heterocycles. The van der Waals surface area contributed by atoms with Gasteiger partial charge in [-0.3, -0.25) is 9.98 Å². The molecule has 152 valence electrons. The van der Waals surface area contributed by atoms with Crippen molar-refractivity contribution in [3.8, 4) is 11.1 Å². The first-order valence-electron chi connectivity index (χ1n) is 10.5. The molecule has 4 nitrogen and oxygen atoms in total. The van der Waals surface area contributed by atoms with Gasteiger partial charge in [0.25, 0.3) is 0 Å². The Hall–Kier alpha value is -3.06. The van der Waals surface area contributed by atoms with Gasteiger partial charge in [-0.2, -0.15) is 0 Å². The van der Waals surface area contributed by atoms with Gasteiger partial charge in [-0.25, -0.2) is 9.98 Å². The lowest BCUT2D eigenvalue weighted by atomic mass is 9.69. The Bertz CT molecular complexity index is 1500. The van der Waals surface area contributed by atoms with Crippen LogP contribution in [0.4, 0.5) is 0 Å². The fraction of sp³-hybridized carbons (Fsp3) is 0.0769. The molecular weight excluding hydrogens is 430 g/mol. The van der Waals surface area contributed by atoms with Crippen LogP contribution in [0.3, 0.4) is 0 Å². The lowest BCUT2D eigenvalue weighted by Crippen LogP contribution is -2.45. The van der Waals surface area contributed by atoms with Gasteiger partial charge in [0.2, 0.25) is 11.3 Å². The monoisotopic (exact) mass is 448 g/mol. The van der Waals surface area contributed by atoms with Gasteiger partial charge in [-0.05, 0) is 32.7 Å². The van der Waals surface area contributed by atoms with E-state index in [-0.39, 0.29) is 0 Å². The van der Waals surface area contributed by atoms with Crippen LogP contribution >= 0.6 is 18.5 Å². The zero-order valence-electron chi connectivity index (χ0n) is 17.0. The predicted molar refractivity (Wildman–Crippen MR) is 142 cm³/mol. The summed E-state index contributed by atoms with van der Waals surface area (Å²) in [6.07, 6.45) is 3.65. The van der Waals surface area contributed by atoms with Gasteiger partial charge >= 0.3 is 0 Å². The van der Waals surface area contributed by atoms with E-state index in [2.05, 4.69) is 91.3 Å². The maximum Gasteiger partial charge on any atom is 0.226 e. The summed E-state index contributed by atoms with van der Waals surface area (Å²) in [4.78, 5) is 20.3. The van der Waals surface area contributed by atoms with Crippen molar-refractivity contribution in [2.24, 2.45) is 20.0 Å². The van der Waals surface area contributed by atoms with Crippen molar-refractivity contribution in [2.45, 2.75) is 11.3 Å². The highest BCUT2D eigenvalue weighted by molar-refractivity contribution is 7.45. The second-order valence-corrected chi connectivity index (χ2v) is 9.54. The fourth-order valence-corrected chi connectivity index (χ4v) is 5.96. The van der Waals surface area contributed by atoms with Crippen LogP contribution in [0, 0.1) is 0 Å². The number of hydrogen-bond acceptors (Lipinski definition) is 4. The normalized spacial score (nSPS) is 24.9. The van der Waals surface area contributed by atoms with E-state index in [0.717, 1.165) is 22.0 Å². The van der Waals surface area contributed by atoms with Crippen LogP contribution in [0.1, 0.15) is 11.1 Å². The molecule has 7 rings (SSSR count). The molecule has 1 aliphatic carbocycles. The number of aliphatic imine (C=N–C) groups is 4. The molecule has 2 heterocycles. The first-order chi connectivity index (χ1) is 15.6. The molecule has 3 aliphatic rings. The van der Waals surface area contributed by atoms with Crippen molar-refractivity contribution in [1.29, 1.82) is 0 Å². The van der Waals surface area contributed by atoms with E-state index < -0.39 is 11.3 Å². The summed E-state index contributed by atoms with van der Waals surface area (Å²) in [5.74, 6) is 0. The summed E-state index contributed by atoms with van der Waals surface area (Å²) in [5.41, 5.74) is 4.06. The molecule has 4 atom stereocenters. The smallest absolute Gasteiger partial charge is 0.226 e. The molecule has 0 amide bonds.